The number of nitrogens with one attached hydrogen (secondary N) is 2. The zero-order valence-corrected chi connectivity index (χ0v) is 10.4. The molecule has 0 bridgehead atoms. The molecular weight excluding hydrogens is 224 g/mol. The van der Waals surface area contributed by atoms with E-state index in [1.165, 1.54) is 18.4 Å². The van der Waals surface area contributed by atoms with Crippen molar-refractivity contribution >= 4 is 11.5 Å². The topological polar surface area (TPSA) is 44.0 Å². The van der Waals surface area contributed by atoms with E-state index in [9.17, 15) is 0 Å². The van der Waals surface area contributed by atoms with Crippen molar-refractivity contribution in [1.82, 2.24) is 9.97 Å². The molecule has 1 aliphatic heterocycles. The molecule has 0 amide bonds. The second-order valence-electron chi connectivity index (χ2n) is 4.67. The molecule has 3 rings (SSSR count). The van der Waals surface area contributed by atoms with Gasteiger partial charge < -0.3 is 15.2 Å². The fourth-order valence-corrected chi connectivity index (χ4v) is 2.30. The Bertz CT molecular complexity index is 469. The predicted molar refractivity (Wildman–Crippen MR) is 73.8 cm³/mol. The number of aromatic amines is 1. The van der Waals surface area contributed by atoms with Crippen LogP contribution in [0.1, 0.15) is 18.4 Å². The molecular formula is C14H18N4. The van der Waals surface area contributed by atoms with Gasteiger partial charge in [0.15, 0.2) is 0 Å². The third-order valence-corrected chi connectivity index (χ3v) is 3.34. The van der Waals surface area contributed by atoms with Gasteiger partial charge in [-0.15, -0.1) is 0 Å². The van der Waals surface area contributed by atoms with E-state index < -0.39 is 0 Å². The molecule has 2 aromatic heterocycles. The average Bonchev–Trinajstić information content (AvgIpc) is 3.10. The van der Waals surface area contributed by atoms with E-state index in [1.54, 1.807) is 0 Å². The number of nitrogens with zero attached hydrogens (tertiary/aromatic N) is 2. The first-order valence-corrected chi connectivity index (χ1v) is 6.48. The van der Waals surface area contributed by atoms with Gasteiger partial charge in [0, 0.05) is 32.0 Å². The van der Waals surface area contributed by atoms with Crippen LogP contribution >= 0.6 is 0 Å². The Labute approximate surface area is 107 Å². The lowest BCUT2D eigenvalue weighted by Crippen LogP contribution is -2.18. The predicted octanol–water partition coefficient (Wildman–Crippen LogP) is 2.62. The standard InChI is InChI=1S/C14H18N4/c1-2-8-18(7-1)14-4-3-13(11-17-14)16-10-12-5-6-15-9-12/h3-6,9,11,15-16H,1-2,7-8,10H2. The number of hydrogen-bond donors (Lipinski definition) is 2. The molecule has 0 unspecified atom stereocenters. The Morgan fingerprint density at radius 3 is 2.78 bits per heavy atom. The number of H-pyrrole nitrogens is 1. The molecule has 0 aromatic carbocycles. The first-order valence-electron chi connectivity index (χ1n) is 6.48. The third kappa shape index (κ3) is 2.47. The molecule has 0 radical (unpaired) electrons. The third-order valence-electron chi connectivity index (χ3n) is 3.34. The summed E-state index contributed by atoms with van der Waals surface area (Å²) >= 11 is 0. The van der Waals surface area contributed by atoms with Gasteiger partial charge in [0.25, 0.3) is 0 Å². The van der Waals surface area contributed by atoms with Crippen molar-refractivity contribution in [3.63, 3.8) is 0 Å². The Hall–Kier alpha value is -1.97. The van der Waals surface area contributed by atoms with Crippen molar-refractivity contribution in [2.24, 2.45) is 0 Å². The Morgan fingerprint density at radius 2 is 2.11 bits per heavy atom. The normalized spacial score (nSPS) is 15.0. The second kappa shape index (κ2) is 5.12. The average molecular weight is 242 g/mol. The fraction of sp³-hybridized carbons (Fsp3) is 0.357. The van der Waals surface area contributed by atoms with Crippen LogP contribution in [0.2, 0.25) is 0 Å². The molecule has 2 N–H and O–H groups in total. The summed E-state index contributed by atoms with van der Waals surface area (Å²) in [7, 11) is 0. The van der Waals surface area contributed by atoms with E-state index >= 15 is 0 Å². The van der Waals surface area contributed by atoms with Crippen LogP contribution in [0.5, 0.6) is 0 Å². The van der Waals surface area contributed by atoms with Crippen molar-refractivity contribution in [2.75, 3.05) is 23.3 Å². The molecule has 1 fully saturated rings. The number of pyridine rings is 1. The lowest BCUT2D eigenvalue weighted by atomic mass is 10.3. The van der Waals surface area contributed by atoms with Gasteiger partial charge in [-0.3, -0.25) is 0 Å². The molecule has 3 heterocycles. The monoisotopic (exact) mass is 242 g/mol. The summed E-state index contributed by atoms with van der Waals surface area (Å²) in [6, 6.07) is 6.27. The Kier molecular flexibility index (Phi) is 3.17. The number of rotatable bonds is 4. The van der Waals surface area contributed by atoms with Gasteiger partial charge in [-0.05, 0) is 36.6 Å². The molecule has 0 spiro atoms. The van der Waals surface area contributed by atoms with E-state index in [-0.39, 0.29) is 0 Å². The van der Waals surface area contributed by atoms with Gasteiger partial charge in [-0.25, -0.2) is 4.98 Å². The van der Waals surface area contributed by atoms with Gasteiger partial charge >= 0.3 is 0 Å². The Morgan fingerprint density at radius 1 is 1.22 bits per heavy atom. The molecule has 1 aliphatic rings. The largest absolute Gasteiger partial charge is 0.380 e. The minimum Gasteiger partial charge on any atom is -0.380 e. The van der Waals surface area contributed by atoms with Crippen LogP contribution in [-0.4, -0.2) is 23.1 Å². The maximum Gasteiger partial charge on any atom is 0.128 e. The zero-order chi connectivity index (χ0) is 12.2. The van der Waals surface area contributed by atoms with Gasteiger partial charge in [0.2, 0.25) is 0 Å². The molecule has 0 aliphatic carbocycles. The van der Waals surface area contributed by atoms with Crippen molar-refractivity contribution in [3.05, 3.63) is 42.4 Å². The summed E-state index contributed by atoms with van der Waals surface area (Å²) < 4.78 is 0. The molecule has 0 atom stereocenters. The maximum atomic E-state index is 4.52. The molecule has 2 aromatic rings. The van der Waals surface area contributed by atoms with Crippen LogP contribution in [0, 0.1) is 0 Å². The molecule has 1 saturated heterocycles. The molecule has 4 heteroatoms. The summed E-state index contributed by atoms with van der Waals surface area (Å²) in [6.07, 6.45) is 8.43. The highest BCUT2D eigenvalue weighted by atomic mass is 15.2. The van der Waals surface area contributed by atoms with Crippen molar-refractivity contribution < 1.29 is 0 Å². The summed E-state index contributed by atoms with van der Waals surface area (Å²) in [4.78, 5) is 9.91. The summed E-state index contributed by atoms with van der Waals surface area (Å²) in [6.45, 7) is 3.11. The zero-order valence-electron chi connectivity index (χ0n) is 10.4. The van der Waals surface area contributed by atoms with E-state index in [0.29, 0.717) is 0 Å². The SMILES string of the molecule is c1cc(CNc2ccc(N3CCCC3)nc2)c[nH]1. The van der Waals surface area contributed by atoms with Crippen LogP contribution in [-0.2, 0) is 6.54 Å². The van der Waals surface area contributed by atoms with E-state index in [4.69, 9.17) is 0 Å². The maximum absolute atomic E-state index is 4.52. The highest BCUT2D eigenvalue weighted by molar-refractivity contribution is 5.49. The number of anilines is 2. The van der Waals surface area contributed by atoms with Crippen LogP contribution in [0.3, 0.4) is 0 Å². The number of aromatic nitrogens is 2. The minimum absolute atomic E-state index is 0.828. The van der Waals surface area contributed by atoms with Crippen molar-refractivity contribution in [1.29, 1.82) is 0 Å². The molecule has 18 heavy (non-hydrogen) atoms. The number of hydrogen-bond acceptors (Lipinski definition) is 3. The molecule has 94 valence electrons. The van der Waals surface area contributed by atoms with Crippen LogP contribution in [0.4, 0.5) is 11.5 Å². The summed E-state index contributed by atoms with van der Waals surface area (Å²) in [5.41, 5.74) is 2.32. The minimum atomic E-state index is 0.828. The fourth-order valence-electron chi connectivity index (χ4n) is 2.30. The van der Waals surface area contributed by atoms with Crippen molar-refractivity contribution in [2.45, 2.75) is 19.4 Å². The molecule has 4 nitrogen and oxygen atoms in total. The summed E-state index contributed by atoms with van der Waals surface area (Å²) in [5.74, 6) is 1.10. The van der Waals surface area contributed by atoms with Crippen LogP contribution in [0.25, 0.3) is 0 Å². The van der Waals surface area contributed by atoms with Gasteiger partial charge in [0.05, 0.1) is 11.9 Å². The Balaban J connectivity index is 1.60. The highest BCUT2D eigenvalue weighted by Crippen LogP contribution is 2.19. The lowest BCUT2D eigenvalue weighted by Gasteiger charge is -2.16. The second-order valence-corrected chi connectivity index (χ2v) is 4.67. The van der Waals surface area contributed by atoms with Crippen molar-refractivity contribution in [3.8, 4) is 0 Å². The van der Waals surface area contributed by atoms with Crippen LogP contribution in [0.15, 0.2) is 36.8 Å². The lowest BCUT2D eigenvalue weighted by molar-refractivity contribution is 0.937. The van der Waals surface area contributed by atoms with Crippen LogP contribution < -0.4 is 10.2 Å². The van der Waals surface area contributed by atoms with E-state index in [2.05, 4.69) is 38.4 Å². The highest BCUT2D eigenvalue weighted by Gasteiger charge is 2.12. The molecule has 0 saturated carbocycles. The van der Waals surface area contributed by atoms with E-state index in [1.807, 2.05) is 18.6 Å². The smallest absolute Gasteiger partial charge is 0.128 e. The van der Waals surface area contributed by atoms with Gasteiger partial charge in [0.1, 0.15) is 5.82 Å². The van der Waals surface area contributed by atoms with E-state index in [0.717, 1.165) is 31.1 Å². The van der Waals surface area contributed by atoms with Gasteiger partial charge in [-0.1, -0.05) is 0 Å². The quantitative estimate of drug-likeness (QED) is 0.866. The summed E-state index contributed by atoms with van der Waals surface area (Å²) in [5, 5.41) is 3.36. The first-order chi connectivity index (χ1) is 8.92. The van der Waals surface area contributed by atoms with Gasteiger partial charge in [-0.2, -0.15) is 0 Å². The first kappa shape index (κ1) is 11.1.